The maximum atomic E-state index is 12.7. The molecule has 1 aromatic carbocycles. The number of amides is 1. The van der Waals surface area contributed by atoms with Crippen molar-refractivity contribution in [3.05, 3.63) is 52.4 Å². The Labute approximate surface area is 136 Å². The molecule has 5 nitrogen and oxygen atoms in total. The van der Waals surface area contributed by atoms with Crippen molar-refractivity contribution in [1.82, 2.24) is 10.5 Å². The molecule has 8 heteroatoms. The number of hydrogen-bond donors (Lipinski definition) is 2. The van der Waals surface area contributed by atoms with E-state index in [1.807, 2.05) is 32.0 Å². The van der Waals surface area contributed by atoms with Gasteiger partial charge in [0.15, 0.2) is 5.69 Å². The number of aromatic nitrogens is 1. The summed E-state index contributed by atoms with van der Waals surface area (Å²) in [6, 6.07) is 4.93. The van der Waals surface area contributed by atoms with Crippen LogP contribution >= 0.6 is 0 Å². The van der Waals surface area contributed by atoms with Crippen LogP contribution in [0, 0.1) is 13.8 Å². The smallest absolute Gasteiger partial charge is 0.394 e. The van der Waals surface area contributed by atoms with Gasteiger partial charge < -0.3 is 14.9 Å². The van der Waals surface area contributed by atoms with E-state index in [1.165, 1.54) is 0 Å². The molecule has 0 saturated carbocycles. The summed E-state index contributed by atoms with van der Waals surface area (Å²) < 4.78 is 42.5. The van der Waals surface area contributed by atoms with Crippen LogP contribution in [0.2, 0.25) is 0 Å². The molecule has 0 aliphatic rings. The Morgan fingerprint density at radius 2 is 2.04 bits per heavy atom. The molecule has 130 valence electrons. The molecule has 24 heavy (non-hydrogen) atoms. The molecule has 1 heterocycles. The average Bonchev–Trinajstić information content (AvgIpc) is 3.00. The van der Waals surface area contributed by atoms with Crippen molar-refractivity contribution < 1.29 is 27.6 Å². The summed E-state index contributed by atoms with van der Waals surface area (Å²) in [6.07, 6.45) is -3.86. The van der Waals surface area contributed by atoms with Crippen molar-refractivity contribution in [1.29, 1.82) is 0 Å². The van der Waals surface area contributed by atoms with Gasteiger partial charge >= 0.3 is 6.18 Å². The Morgan fingerprint density at radius 1 is 1.33 bits per heavy atom. The number of benzene rings is 1. The predicted octanol–water partition coefficient (Wildman–Crippen LogP) is 2.64. The average molecular weight is 342 g/mol. The third-order valence-electron chi connectivity index (χ3n) is 3.69. The molecule has 0 aliphatic heterocycles. The maximum absolute atomic E-state index is 12.7. The highest BCUT2D eigenvalue weighted by molar-refractivity contribution is 5.95. The van der Waals surface area contributed by atoms with E-state index in [0.717, 1.165) is 16.7 Å². The topological polar surface area (TPSA) is 75.4 Å². The zero-order chi connectivity index (χ0) is 17.9. The summed E-state index contributed by atoms with van der Waals surface area (Å²) >= 11 is 0. The fraction of sp³-hybridized carbons (Fsp3) is 0.375. The van der Waals surface area contributed by atoms with E-state index in [0.29, 0.717) is 6.26 Å². The van der Waals surface area contributed by atoms with E-state index in [2.05, 4.69) is 15.0 Å². The predicted molar refractivity (Wildman–Crippen MR) is 79.5 cm³/mol. The van der Waals surface area contributed by atoms with Gasteiger partial charge in [0.2, 0.25) is 0 Å². The van der Waals surface area contributed by atoms with Crippen LogP contribution in [-0.4, -0.2) is 28.8 Å². The van der Waals surface area contributed by atoms with Crippen molar-refractivity contribution >= 4 is 5.91 Å². The van der Waals surface area contributed by atoms with Crippen molar-refractivity contribution in [2.75, 3.05) is 6.61 Å². The number of carbonyl (C=O) groups excluding carboxylic acids is 1. The van der Waals surface area contributed by atoms with Gasteiger partial charge in [-0.1, -0.05) is 23.4 Å². The SMILES string of the molecule is Cc1ccc(CC(CO)NC(=O)c2conc2C(F)(F)F)cc1C. The van der Waals surface area contributed by atoms with E-state index in [4.69, 9.17) is 0 Å². The van der Waals surface area contributed by atoms with Crippen molar-refractivity contribution in [2.24, 2.45) is 0 Å². The summed E-state index contributed by atoms with van der Waals surface area (Å²) in [7, 11) is 0. The molecule has 0 spiro atoms. The number of halogens is 3. The van der Waals surface area contributed by atoms with Crippen LogP contribution in [0.3, 0.4) is 0 Å². The fourth-order valence-corrected chi connectivity index (χ4v) is 2.24. The highest BCUT2D eigenvalue weighted by Crippen LogP contribution is 2.30. The Hall–Kier alpha value is -2.35. The highest BCUT2D eigenvalue weighted by atomic mass is 19.4. The fourth-order valence-electron chi connectivity index (χ4n) is 2.24. The molecule has 0 fully saturated rings. The molecule has 2 N–H and O–H groups in total. The molecule has 1 atom stereocenters. The molecule has 1 aromatic heterocycles. The molecule has 0 saturated heterocycles. The Bertz CT molecular complexity index is 726. The molecule has 1 amide bonds. The molecular formula is C16H17F3N2O3. The third-order valence-corrected chi connectivity index (χ3v) is 3.69. The summed E-state index contributed by atoms with van der Waals surface area (Å²) in [5, 5.41) is 14.6. The number of hydrogen-bond acceptors (Lipinski definition) is 4. The summed E-state index contributed by atoms with van der Waals surface area (Å²) in [5.41, 5.74) is 0.916. The van der Waals surface area contributed by atoms with Crippen LogP contribution in [0.5, 0.6) is 0 Å². The first-order chi connectivity index (χ1) is 11.2. The van der Waals surface area contributed by atoms with Gasteiger partial charge in [-0.3, -0.25) is 4.79 Å². The van der Waals surface area contributed by atoms with Crippen LogP contribution < -0.4 is 5.32 Å². The second kappa shape index (κ2) is 7.04. The van der Waals surface area contributed by atoms with Gasteiger partial charge in [0, 0.05) is 0 Å². The standard InChI is InChI=1S/C16H17F3N2O3/c1-9-3-4-11(5-10(9)2)6-12(7-22)20-15(23)13-8-24-21-14(13)16(17,18)19/h3-5,8,12,22H,6-7H2,1-2H3,(H,20,23). The lowest BCUT2D eigenvalue weighted by Crippen LogP contribution is -2.39. The maximum Gasteiger partial charge on any atom is 0.437 e. The monoisotopic (exact) mass is 342 g/mol. The second-order valence-corrected chi connectivity index (χ2v) is 5.55. The number of rotatable bonds is 5. The van der Waals surface area contributed by atoms with Crippen molar-refractivity contribution in [3.8, 4) is 0 Å². The van der Waals surface area contributed by atoms with Gasteiger partial charge in [0.1, 0.15) is 11.8 Å². The lowest BCUT2D eigenvalue weighted by atomic mass is 10.0. The molecule has 2 aromatic rings. The van der Waals surface area contributed by atoms with Crippen molar-refractivity contribution in [3.63, 3.8) is 0 Å². The lowest BCUT2D eigenvalue weighted by Gasteiger charge is -2.17. The van der Waals surface area contributed by atoms with E-state index in [9.17, 15) is 23.1 Å². The van der Waals surface area contributed by atoms with Crippen LogP contribution in [-0.2, 0) is 12.6 Å². The highest BCUT2D eigenvalue weighted by Gasteiger charge is 2.39. The molecule has 0 aliphatic carbocycles. The second-order valence-electron chi connectivity index (χ2n) is 5.55. The van der Waals surface area contributed by atoms with Gasteiger partial charge in [-0.05, 0) is 37.0 Å². The number of aliphatic hydroxyl groups is 1. The van der Waals surface area contributed by atoms with Gasteiger partial charge in [-0.2, -0.15) is 13.2 Å². The van der Waals surface area contributed by atoms with Crippen LogP contribution in [0.1, 0.15) is 32.7 Å². The van der Waals surface area contributed by atoms with Crippen LogP contribution in [0.15, 0.2) is 29.0 Å². The van der Waals surface area contributed by atoms with E-state index >= 15 is 0 Å². The number of alkyl halides is 3. The summed E-state index contributed by atoms with van der Waals surface area (Å²) in [5.74, 6) is -0.994. The number of nitrogens with zero attached hydrogens (tertiary/aromatic N) is 1. The minimum absolute atomic E-state index is 0.288. The molecule has 1 unspecified atom stereocenters. The third kappa shape index (κ3) is 4.14. The first-order valence-electron chi connectivity index (χ1n) is 7.21. The summed E-state index contributed by atoms with van der Waals surface area (Å²) in [4.78, 5) is 12.0. The Morgan fingerprint density at radius 3 is 2.62 bits per heavy atom. The number of carbonyl (C=O) groups is 1. The minimum Gasteiger partial charge on any atom is -0.394 e. The quantitative estimate of drug-likeness (QED) is 0.876. The molecule has 0 radical (unpaired) electrons. The first-order valence-corrected chi connectivity index (χ1v) is 7.21. The van der Waals surface area contributed by atoms with E-state index in [1.54, 1.807) is 0 Å². The van der Waals surface area contributed by atoms with Gasteiger partial charge in [-0.15, -0.1) is 0 Å². The largest absolute Gasteiger partial charge is 0.437 e. The van der Waals surface area contributed by atoms with Gasteiger partial charge in [0.05, 0.1) is 12.6 Å². The Balaban J connectivity index is 2.11. The van der Waals surface area contributed by atoms with Gasteiger partial charge in [0.25, 0.3) is 5.91 Å². The lowest BCUT2D eigenvalue weighted by molar-refractivity contribution is -0.143. The number of nitrogens with one attached hydrogen (secondary N) is 1. The molecule has 0 bridgehead atoms. The summed E-state index contributed by atoms with van der Waals surface area (Å²) in [6.45, 7) is 3.47. The first kappa shape index (κ1) is 18.0. The van der Waals surface area contributed by atoms with Crippen LogP contribution in [0.25, 0.3) is 0 Å². The number of aliphatic hydroxyl groups excluding tert-OH is 1. The van der Waals surface area contributed by atoms with E-state index < -0.39 is 36.0 Å². The van der Waals surface area contributed by atoms with Crippen molar-refractivity contribution in [2.45, 2.75) is 32.5 Å². The van der Waals surface area contributed by atoms with Crippen LogP contribution in [0.4, 0.5) is 13.2 Å². The van der Waals surface area contributed by atoms with E-state index in [-0.39, 0.29) is 6.42 Å². The number of aryl methyl sites for hydroxylation is 2. The molecular weight excluding hydrogens is 325 g/mol. The normalized spacial score (nSPS) is 12.9. The minimum atomic E-state index is -4.79. The zero-order valence-corrected chi connectivity index (χ0v) is 13.1. The Kier molecular flexibility index (Phi) is 5.28. The van der Waals surface area contributed by atoms with Gasteiger partial charge in [-0.25, -0.2) is 0 Å². The molecule has 2 rings (SSSR count). The zero-order valence-electron chi connectivity index (χ0n) is 13.1.